The van der Waals surface area contributed by atoms with Crippen LogP contribution >= 0.6 is 11.8 Å². The average Bonchev–Trinajstić information content (AvgIpc) is 2.99. The van der Waals surface area contributed by atoms with Gasteiger partial charge in [-0.25, -0.2) is 0 Å². The van der Waals surface area contributed by atoms with Crippen LogP contribution in [0.5, 0.6) is 0 Å². The lowest BCUT2D eigenvalue weighted by Gasteiger charge is -2.13. The zero-order chi connectivity index (χ0) is 17.8. The largest absolute Gasteiger partial charge is 0.370 e. The molecule has 25 heavy (non-hydrogen) atoms. The first-order valence-corrected chi connectivity index (χ1v) is 8.89. The molecule has 3 rings (SSSR count). The number of aryl methyl sites for hydroxylation is 2. The molecule has 0 bridgehead atoms. The number of nitrogens with two attached hydrogens (primary N) is 1. The van der Waals surface area contributed by atoms with Gasteiger partial charge in [0.25, 0.3) is 0 Å². The van der Waals surface area contributed by atoms with Crippen molar-refractivity contribution in [2.45, 2.75) is 25.4 Å². The molecule has 0 aliphatic carbocycles. The van der Waals surface area contributed by atoms with Crippen LogP contribution in [0.2, 0.25) is 0 Å². The molecule has 0 aliphatic rings. The summed E-state index contributed by atoms with van der Waals surface area (Å²) in [6.07, 6.45) is 3.79. The van der Waals surface area contributed by atoms with Crippen molar-refractivity contribution in [2.75, 3.05) is 5.75 Å². The molecule has 0 unspecified atom stereocenters. The van der Waals surface area contributed by atoms with E-state index in [-0.39, 0.29) is 5.91 Å². The number of carbonyl (C=O) groups excluding carboxylic acids is 1. The van der Waals surface area contributed by atoms with Crippen LogP contribution in [0.1, 0.15) is 17.5 Å². The van der Waals surface area contributed by atoms with Gasteiger partial charge in [0.1, 0.15) is 0 Å². The molecule has 1 aromatic carbocycles. The van der Waals surface area contributed by atoms with Crippen LogP contribution in [0.3, 0.4) is 0 Å². The van der Waals surface area contributed by atoms with Crippen LogP contribution in [-0.4, -0.2) is 31.4 Å². The lowest BCUT2D eigenvalue weighted by Crippen LogP contribution is -2.11. The normalized spacial score (nSPS) is 10.8. The van der Waals surface area contributed by atoms with E-state index in [1.165, 1.54) is 17.3 Å². The predicted octanol–water partition coefficient (Wildman–Crippen LogP) is 2.91. The molecular weight excluding hydrogens is 334 g/mol. The zero-order valence-corrected chi connectivity index (χ0v) is 15.0. The number of hydrogen-bond donors (Lipinski definition) is 1. The maximum atomic E-state index is 11.0. The molecule has 0 fully saturated rings. The lowest BCUT2D eigenvalue weighted by atomic mass is 10.1. The van der Waals surface area contributed by atoms with E-state index in [1.807, 2.05) is 16.7 Å². The van der Waals surface area contributed by atoms with Crippen LogP contribution in [0.4, 0.5) is 0 Å². The number of thioether (sulfide) groups is 1. The fourth-order valence-electron chi connectivity index (χ4n) is 2.56. The summed E-state index contributed by atoms with van der Waals surface area (Å²) in [6.45, 7) is 4.13. The summed E-state index contributed by atoms with van der Waals surface area (Å²) in [5.74, 6) is 0.963. The van der Waals surface area contributed by atoms with Crippen LogP contribution in [0, 0.1) is 13.8 Å². The van der Waals surface area contributed by atoms with Crippen molar-refractivity contribution >= 4 is 17.7 Å². The van der Waals surface area contributed by atoms with E-state index >= 15 is 0 Å². The third kappa shape index (κ3) is 3.88. The van der Waals surface area contributed by atoms with E-state index in [1.54, 1.807) is 12.4 Å². The molecule has 0 radical (unpaired) electrons. The van der Waals surface area contributed by atoms with E-state index in [2.05, 4.69) is 47.2 Å². The molecular formula is C18H19N5OS. The maximum absolute atomic E-state index is 11.0. The van der Waals surface area contributed by atoms with Gasteiger partial charge in [0, 0.05) is 30.1 Å². The molecule has 2 aromatic heterocycles. The highest BCUT2D eigenvalue weighted by atomic mass is 32.2. The van der Waals surface area contributed by atoms with E-state index < -0.39 is 0 Å². The molecule has 6 nitrogen and oxygen atoms in total. The highest BCUT2D eigenvalue weighted by Gasteiger charge is 2.17. The van der Waals surface area contributed by atoms with Gasteiger partial charge >= 0.3 is 0 Å². The third-order valence-electron chi connectivity index (χ3n) is 3.73. The second-order valence-corrected chi connectivity index (χ2v) is 6.80. The highest BCUT2D eigenvalue weighted by molar-refractivity contribution is 7.99. The van der Waals surface area contributed by atoms with E-state index in [4.69, 9.17) is 5.73 Å². The zero-order valence-electron chi connectivity index (χ0n) is 14.1. The number of hydrogen-bond acceptors (Lipinski definition) is 5. The van der Waals surface area contributed by atoms with Gasteiger partial charge in [0.2, 0.25) is 5.91 Å². The molecule has 2 N–H and O–H groups in total. The Bertz CT molecular complexity index is 892. The van der Waals surface area contributed by atoms with Crippen LogP contribution in [-0.2, 0) is 4.79 Å². The Morgan fingerprint density at radius 3 is 2.76 bits per heavy atom. The van der Waals surface area contributed by atoms with Gasteiger partial charge in [-0.15, -0.1) is 10.2 Å². The van der Waals surface area contributed by atoms with Crippen LogP contribution in [0.15, 0.2) is 47.9 Å². The number of amides is 1. The summed E-state index contributed by atoms with van der Waals surface area (Å²) in [4.78, 5) is 15.2. The monoisotopic (exact) mass is 353 g/mol. The molecule has 0 saturated heterocycles. The summed E-state index contributed by atoms with van der Waals surface area (Å²) in [5.41, 5.74) is 9.46. The second-order valence-electron chi connectivity index (χ2n) is 5.74. The van der Waals surface area contributed by atoms with E-state index in [0.29, 0.717) is 12.2 Å². The van der Waals surface area contributed by atoms with Crippen molar-refractivity contribution in [3.63, 3.8) is 0 Å². The number of aromatic nitrogens is 4. The van der Waals surface area contributed by atoms with Gasteiger partial charge in [0.05, 0.1) is 5.69 Å². The minimum Gasteiger partial charge on any atom is -0.370 e. The summed E-state index contributed by atoms with van der Waals surface area (Å²) in [5, 5.41) is 9.41. The molecule has 3 aromatic rings. The number of nitrogens with zero attached hydrogens (tertiary/aromatic N) is 4. The van der Waals surface area contributed by atoms with Gasteiger partial charge in [-0.05, 0) is 37.6 Å². The lowest BCUT2D eigenvalue weighted by molar-refractivity contribution is -0.117. The molecule has 0 atom stereocenters. The fraction of sp³-hybridized carbons (Fsp3) is 0.222. The smallest absolute Gasteiger partial charge is 0.218 e. The molecule has 2 heterocycles. The summed E-state index contributed by atoms with van der Waals surface area (Å²) in [7, 11) is 0. The van der Waals surface area contributed by atoms with E-state index in [9.17, 15) is 4.79 Å². The summed E-state index contributed by atoms with van der Waals surface area (Å²) >= 11 is 1.47. The maximum Gasteiger partial charge on any atom is 0.218 e. The van der Waals surface area contributed by atoms with Crippen molar-refractivity contribution in [3.8, 4) is 17.1 Å². The molecule has 0 aliphatic heterocycles. The highest BCUT2D eigenvalue weighted by Crippen LogP contribution is 2.29. The number of benzene rings is 1. The van der Waals surface area contributed by atoms with E-state index in [0.717, 1.165) is 27.8 Å². The number of primary amides is 1. The van der Waals surface area contributed by atoms with Crippen molar-refractivity contribution in [3.05, 3.63) is 53.9 Å². The standard InChI is InChI=1S/C18H19N5OS/c1-12-5-6-15(13(2)10-12)23-17(14-4-3-8-20-11-14)21-22-18(23)25-9-7-16(19)24/h3-6,8,10-11H,7,9H2,1-2H3,(H2,19,24). The fourth-order valence-corrected chi connectivity index (χ4v) is 3.46. The van der Waals surface area contributed by atoms with Gasteiger partial charge < -0.3 is 5.73 Å². The first-order valence-electron chi connectivity index (χ1n) is 7.91. The molecule has 7 heteroatoms. The van der Waals surface area contributed by atoms with Gasteiger partial charge in [-0.1, -0.05) is 29.5 Å². The van der Waals surface area contributed by atoms with Crippen molar-refractivity contribution in [1.29, 1.82) is 0 Å². The predicted molar refractivity (Wildman–Crippen MR) is 98.6 cm³/mol. The molecule has 0 spiro atoms. The van der Waals surface area contributed by atoms with Gasteiger partial charge in [-0.2, -0.15) is 0 Å². The minimum absolute atomic E-state index is 0.298. The first-order chi connectivity index (χ1) is 12.1. The summed E-state index contributed by atoms with van der Waals surface area (Å²) < 4.78 is 2.01. The third-order valence-corrected chi connectivity index (χ3v) is 4.66. The average molecular weight is 353 g/mol. The Balaban J connectivity index is 2.08. The Hall–Kier alpha value is -2.67. The molecule has 128 valence electrons. The number of rotatable bonds is 6. The topological polar surface area (TPSA) is 86.7 Å². The Morgan fingerprint density at radius 2 is 2.08 bits per heavy atom. The molecule has 0 saturated carbocycles. The van der Waals surface area contributed by atoms with Gasteiger partial charge in [0.15, 0.2) is 11.0 Å². The number of pyridine rings is 1. The Kier molecular flexibility index (Phi) is 5.14. The second kappa shape index (κ2) is 7.48. The number of carbonyl (C=O) groups is 1. The molecule has 1 amide bonds. The quantitative estimate of drug-likeness (QED) is 0.689. The Morgan fingerprint density at radius 1 is 1.24 bits per heavy atom. The van der Waals surface area contributed by atoms with Crippen molar-refractivity contribution in [1.82, 2.24) is 19.7 Å². The van der Waals surface area contributed by atoms with Crippen LogP contribution < -0.4 is 5.73 Å². The van der Waals surface area contributed by atoms with Gasteiger partial charge in [-0.3, -0.25) is 14.3 Å². The SMILES string of the molecule is Cc1ccc(-n2c(SCCC(N)=O)nnc2-c2cccnc2)c(C)c1. The summed E-state index contributed by atoms with van der Waals surface area (Å²) in [6, 6.07) is 10.1. The minimum atomic E-state index is -0.322. The van der Waals surface area contributed by atoms with Crippen LogP contribution in [0.25, 0.3) is 17.1 Å². The van der Waals surface area contributed by atoms with Crippen molar-refractivity contribution < 1.29 is 4.79 Å². The Labute approximate surface area is 150 Å². The first kappa shape index (κ1) is 17.2. The van der Waals surface area contributed by atoms with Crippen molar-refractivity contribution in [2.24, 2.45) is 5.73 Å².